The predicted octanol–water partition coefficient (Wildman–Crippen LogP) is 3.59. The minimum Gasteiger partial charge on any atom is -0.390 e. The first-order chi connectivity index (χ1) is 14.6. The van der Waals surface area contributed by atoms with Crippen LogP contribution in [0.5, 0.6) is 0 Å². The average Bonchev–Trinajstić information content (AvgIpc) is 3.17. The normalized spacial score (nSPS) is 31.9. The Morgan fingerprint density at radius 3 is 2.65 bits per heavy atom. The zero-order valence-corrected chi connectivity index (χ0v) is 18.9. The summed E-state index contributed by atoms with van der Waals surface area (Å²) in [5.41, 5.74) is 5.48. The summed E-state index contributed by atoms with van der Waals surface area (Å²) >= 11 is 0. The monoisotopic (exact) mass is 425 g/mol. The van der Waals surface area contributed by atoms with Crippen molar-refractivity contribution in [3.63, 3.8) is 0 Å². The molecule has 0 bridgehead atoms. The number of nitrogens with two attached hydrogens (primary N) is 1. The topological polar surface area (TPSA) is 96.0 Å². The number of aliphatic hydroxyl groups is 1. The van der Waals surface area contributed by atoms with Crippen molar-refractivity contribution in [2.45, 2.75) is 77.5 Å². The van der Waals surface area contributed by atoms with Crippen LogP contribution in [0.1, 0.15) is 64.9 Å². The highest BCUT2D eigenvalue weighted by Crippen LogP contribution is 2.42. The van der Waals surface area contributed by atoms with Crippen LogP contribution in [0.25, 0.3) is 0 Å². The second kappa shape index (κ2) is 9.35. The van der Waals surface area contributed by atoms with E-state index < -0.39 is 23.0 Å². The molecule has 0 radical (unpaired) electrons. The average molecular weight is 426 g/mol. The van der Waals surface area contributed by atoms with E-state index >= 15 is 0 Å². The van der Waals surface area contributed by atoms with Crippen LogP contribution in [0.15, 0.2) is 47.6 Å². The molecule has 1 fully saturated rings. The number of hydrogen-bond acceptors (Lipinski definition) is 4. The number of amides is 2. The number of benzene rings is 1. The number of rotatable bonds is 5. The zero-order chi connectivity index (χ0) is 22.6. The fourth-order valence-corrected chi connectivity index (χ4v) is 5.27. The number of carbonyl (C=O) groups is 2. The summed E-state index contributed by atoms with van der Waals surface area (Å²) in [5.74, 6) is -0.384. The highest BCUT2D eigenvalue weighted by molar-refractivity contribution is 6.41. The van der Waals surface area contributed by atoms with E-state index in [0.29, 0.717) is 37.4 Å². The lowest BCUT2D eigenvalue weighted by Gasteiger charge is -2.41. The van der Waals surface area contributed by atoms with E-state index in [4.69, 9.17) is 10.7 Å². The lowest BCUT2D eigenvalue weighted by atomic mass is 9.67. The summed E-state index contributed by atoms with van der Waals surface area (Å²) in [6.45, 7) is 6.42. The fraction of sp³-hybridized carbons (Fsp3) is 0.560. The van der Waals surface area contributed by atoms with Gasteiger partial charge in [-0.1, -0.05) is 63.1 Å². The molecule has 4 atom stereocenters. The van der Waals surface area contributed by atoms with Crippen LogP contribution < -0.4 is 5.73 Å². The van der Waals surface area contributed by atoms with Crippen LogP contribution in [0.3, 0.4) is 0 Å². The van der Waals surface area contributed by atoms with Crippen molar-refractivity contribution < 1.29 is 14.7 Å². The molecule has 0 aromatic heterocycles. The second-order valence-corrected chi connectivity index (χ2v) is 9.84. The van der Waals surface area contributed by atoms with Gasteiger partial charge in [0.25, 0.3) is 5.91 Å². The number of nitrogens with zero attached hydrogens (tertiary/aromatic N) is 2. The van der Waals surface area contributed by atoms with Gasteiger partial charge < -0.3 is 15.7 Å². The van der Waals surface area contributed by atoms with Crippen molar-refractivity contribution in [1.29, 1.82) is 0 Å². The smallest absolute Gasteiger partial charge is 0.273 e. The van der Waals surface area contributed by atoms with Gasteiger partial charge in [0.1, 0.15) is 11.8 Å². The number of primary amides is 1. The molecule has 3 N–H and O–H groups in total. The van der Waals surface area contributed by atoms with Crippen LogP contribution in [-0.4, -0.2) is 39.2 Å². The second-order valence-electron chi connectivity index (χ2n) is 9.84. The Balaban J connectivity index is 1.99. The third-order valence-electron chi connectivity index (χ3n) is 6.55. The maximum absolute atomic E-state index is 13.7. The van der Waals surface area contributed by atoms with E-state index in [9.17, 15) is 14.7 Å². The number of hydrogen-bond donors (Lipinski definition) is 2. The first kappa shape index (κ1) is 23.2. The van der Waals surface area contributed by atoms with Gasteiger partial charge in [-0.3, -0.25) is 14.6 Å². The summed E-state index contributed by atoms with van der Waals surface area (Å²) < 4.78 is 0. The van der Waals surface area contributed by atoms with E-state index in [-0.39, 0.29) is 5.91 Å². The quantitative estimate of drug-likeness (QED) is 0.706. The SMILES string of the molecule is CC1CCCC(C)(/C(=N/Cc2ccccc2)C(=O)N2C=CCC2C(N)=O)C[C@@](C)(O)C1. The van der Waals surface area contributed by atoms with Crippen molar-refractivity contribution in [3.8, 4) is 0 Å². The molecule has 31 heavy (non-hydrogen) atoms. The maximum Gasteiger partial charge on any atom is 0.273 e. The first-order valence-electron chi connectivity index (χ1n) is 11.2. The van der Waals surface area contributed by atoms with Crippen molar-refractivity contribution in [2.75, 3.05) is 0 Å². The summed E-state index contributed by atoms with van der Waals surface area (Å²) in [7, 11) is 0. The molecular weight excluding hydrogens is 390 g/mol. The molecule has 1 heterocycles. The Labute approximate surface area is 185 Å². The number of carbonyl (C=O) groups excluding carboxylic acids is 2. The van der Waals surface area contributed by atoms with Gasteiger partial charge in [0.05, 0.1) is 12.1 Å². The first-order valence-corrected chi connectivity index (χ1v) is 11.2. The van der Waals surface area contributed by atoms with Gasteiger partial charge in [0.2, 0.25) is 5.91 Å². The Hall–Kier alpha value is -2.47. The molecule has 1 aromatic carbocycles. The molecule has 2 amide bonds. The van der Waals surface area contributed by atoms with Crippen LogP contribution in [0.4, 0.5) is 0 Å². The minimum atomic E-state index is -0.897. The van der Waals surface area contributed by atoms with Crippen LogP contribution >= 0.6 is 0 Å². The van der Waals surface area contributed by atoms with Gasteiger partial charge in [0.15, 0.2) is 0 Å². The molecule has 1 saturated carbocycles. The summed E-state index contributed by atoms with van der Waals surface area (Å²) in [5, 5.41) is 11.1. The van der Waals surface area contributed by atoms with Crippen LogP contribution in [0.2, 0.25) is 0 Å². The standard InChI is InChI=1S/C25H35N3O3/c1-18-9-7-13-24(2,17-25(3,31)15-18)21(27-16-19-10-5-4-6-11-19)23(30)28-14-8-12-20(28)22(26)29/h4-6,8,10-11,14,18,20,31H,7,9,12-13,15-17H2,1-3H3,(H2,26,29)/b27-21+/t18?,20?,24?,25-/m0/s1. The molecule has 1 aromatic rings. The molecule has 0 spiro atoms. The lowest BCUT2D eigenvalue weighted by molar-refractivity contribution is -0.131. The minimum absolute atomic E-state index is 0.291. The predicted molar refractivity (Wildman–Crippen MR) is 122 cm³/mol. The summed E-state index contributed by atoms with van der Waals surface area (Å²) in [6, 6.07) is 9.11. The van der Waals surface area contributed by atoms with Gasteiger partial charge in [-0.05, 0) is 44.1 Å². The largest absolute Gasteiger partial charge is 0.390 e. The molecule has 2 aliphatic rings. The van der Waals surface area contributed by atoms with Crippen molar-refractivity contribution in [2.24, 2.45) is 22.1 Å². The molecule has 168 valence electrons. The van der Waals surface area contributed by atoms with Crippen molar-refractivity contribution in [1.82, 2.24) is 4.90 Å². The molecule has 6 nitrogen and oxygen atoms in total. The molecule has 1 aliphatic heterocycles. The Kier molecular flexibility index (Phi) is 6.99. The Bertz CT molecular complexity index is 862. The van der Waals surface area contributed by atoms with Gasteiger partial charge in [-0.25, -0.2) is 0 Å². The zero-order valence-electron chi connectivity index (χ0n) is 18.9. The third-order valence-corrected chi connectivity index (χ3v) is 6.55. The van der Waals surface area contributed by atoms with Gasteiger partial charge in [-0.2, -0.15) is 0 Å². The maximum atomic E-state index is 13.7. The van der Waals surface area contributed by atoms with E-state index in [1.165, 1.54) is 4.90 Å². The van der Waals surface area contributed by atoms with Gasteiger partial charge in [0, 0.05) is 11.6 Å². The summed E-state index contributed by atoms with van der Waals surface area (Å²) in [4.78, 5) is 31.9. The highest BCUT2D eigenvalue weighted by atomic mass is 16.3. The van der Waals surface area contributed by atoms with Gasteiger partial charge >= 0.3 is 0 Å². The molecule has 3 unspecified atom stereocenters. The molecule has 6 heteroatoms. The molecular formula is C25H35N3O3. The van der Waals surface area contributed by atoms with E-state index in [2.05, 4.69) is 6.92 Å². The summed E-state index contributed by atoms with van der Waals surface area (Å²) in [6.07, 6.45) is 7.70. The van der Waals surface area contributed by atoms with E-state index in [0.717, 1.165) is 24.8 Å². The van der Waals surface area contributed by atoms with Crippen LogP contribution in [-0.2, 0) is 16.1 Å². The van der Waals surface area contributed by atoms with Crippen LogP contribution in [0, 0.1) is 11.3 Å². The third kappa shape index (κ3) is 5.62. The molecule has 3 rings (SSSR count). The van der Waals surface area contributed by atoms with E-state index in [1.807, 2.05) is 44.2 Å². The van der Waals surface area contributed by atoms with E-state index in [1.54, 1.807) is 12.3 Å². The molecule has 0 saturated heterocycles. The van der Waals surface area contributed by atoms with Crippen molar-refractivity contribution >= 4 is 17.5 Å². The molecule has 1 aliphatic carbocycles. The Morgan fingerprint density at radius 1 is 1.26 bits per heavy atom. The highest BCUT2D eigenvalue weighted by Gasteiger charge is 2.45. The van der Waals surface area contributed by atoms with Crippen molar-refractivity contribution in [3.05, 3.63) is 48.2 Å². The number of aliphatic imine (C=N–C) groups is 1. The van der Waals surface area contributed by atoms with Gasteiger partial charge in [-0.15, -0.1) is 0 Å². The fourth-order valence-electron chi connectivity index (χ4n) is 5.27. The Morgan fingerprint density at radius 2 is 1.97 bits per heavy atom. The lowest BCUT2D eigenvalue weighted by Crippen LogP contribution is -2.50.